The maximum absolute atomic E-state index is 12.7. The van der Waals surface area contributed by atoms with Crippen LogP contribution in [0, 0.1) is 0 Å². The summed E-state index contributed by atoms with van der Waals surface area (Å²) in [6.07, 6.45) is 3.32. The number of ether oxygens (including phenoxy) is 3. The Hall–Kier alpha value is -3.48. The molecule has 0 aliphatic carbocycles. The molecule has 1 aliphatic heterocycles. The molecule has 164 valence electrons. The van der Waals surface area contributed by atoms with E-state index in [0.717, 1.165) is 5.56 Å². The molecule has 1 fully saturated rings. The summed E-state index contributed by atoms with van der Waals surface area (Å²) in [4.78, 5) is 28.8. The summed E-state index contributed by atoms with van der Waals surface area (Å²) in [5, 5.41) is 0. The van der Waals surface area contributed by atoms with Crippen LogP contribution in [-0.4, -0.2) is 68.6 Å². The van der Waals surface area contributed by atoms with Crippen LogP contribution in [0.5, 0.6) is 17.2 Å². The molecule has 7 heteroatoms. The van der Waals surface area contributed by atoms with Crippen LogP contribution in [0.3, 0.4) is 0 Å². The van der Waals surface area contributed by atoms with E-state index in [-0.39, 0.29) is 11.8 Å². The minimum atomic E-state index is -0.0784. The molecule has 1 saturated heterocycles. The van der Waals surface area contributed by atoms with Gasteiger partial charge in [-0.25, -0.2) is 0 Å². The third-order valence-electron chi connectivity index (χ3n) is 5.12. The summed E-state index contributed by atoms with van der Waals surface area (Å²) in [5.74, 6) is 1.90. The van der Waals surface area contributed by atoms with E-state index in [1.165, 1.54) is 0 Å². The molecule has 0 saturated carbocycles. The maximum Gasteiger partial charge on any atom is 0.253 e. The molecule has 1 aliphatic rings. The summed E-state index contributed by atoms with van der Waals surface area (Å²) < 4.78 is 16.0. The molecule has 0 aromatic heterocycles. The molecule has 0 bridgehead atoms. The molecule has 0 N–H and O–H groups in total. The zero-order chi connectivity index (χ0) is 22.2. The molecule has 0 spiro atoms. The number of carbonyl (C=O) groups is 2. The van der Waals surface area contributed by atoms with Crippen LogP contribution in [0.15, 0.2) is 48.5 Å². The summed E-state index contributed by atoms with van der Waals surface area (Å²) in [5.41, 5.74) is 1.47. The van der Waals surface area contributed by atoms with Crippen LogP contribution in [-0.2, 0) is 4.79 Å². The van der Waals surface area contributed by atoms with E-state index in [4.69, 9.17) is 14.2 Å². The van der Waals surface area contributed by atoms with E-state index >= 15 is 0 Å². The molecule has 7 nitrogen and oxygen atoms in total. The van der Waals surface area contributed by atoms with Crippen molar-refractivity contribution in [2.24, 2.45) is 0 Å². The Morgan fingerprint density at radius 1 is 0.903 bits per heavy atom. The average molecular weight is 424 g/mol. The molecule has 0 unspecified atom stereocenters. The molecular weight excluding hydrogens is 396 g/mol. The van der Waals surface area contributed by atoms with Crippen LogP contribution in [0.25, 0.3) is 6.08 Å². The van der Waals surface area contributed by atoms with Gasteiger partial charge < -0.3 is 24.0 Å². The van der Waals surface area contributed by atoms with Gasteiger partial charge in [0, 0.05) is 37.8 Å². The first kappa shape index (κ1) is 22.2. The maximum atomic E-state index is 12.7. The summed E-state index contributed by atoms with van der Waals surface area (Å²) in [6.45, 7) is 4.44. The summed E-state index contributed by atoms with van der Waals surface area (Å²) >= 11 is 0. The van der Waals surface area contributed by atoms with E-state index in [1.54, 1.807) is 60.4 Å². The third kappa shape index (κ3) is 5.57. The molecule has 1 heterocycles. The molecule has 31 heavy (non-hydrogen) atoms. The molecule has 2 amide bonds. The van der Waals surface area contributed by atoms with Gasteiger partial charge in [0.1, 0.15) is 5.75 Å². The minimum Gasteiger partial charge on any atom is -0.497 e. The van der Waals surface area contributed by atoms with E-state index in [9.17, 15) is 9.59 Å². The van der Waals surface area contributed by atoms with Crippen molar-refractivity contribution in [3.63, 3.8) is 0 Å². The van der Waals surface area contributed by atoms with Crippen LogP contribution >= 0.6 is 0 Å². The van der Waals surface area contributed by atoms with Crippen molar-refractivity contribution in [1.82, 2.24) is 9.80 Å². The summed E-state index contributed by atoms with van der Waals surface area (Å²) in [7, 11) is 3.18. The van der Waals surface area contributed by atoms with Gasteiger partial charge in [-0.15, -0.1) is 0 Å². The van der Waals surface area contributed by atoms with Crippen molar-refractivity contribution in [2.75, 3.05) is 47.0 Å². The fourth-order valence-corrected chi connectivity index (χ4v) is 3.38. The predicted molar refractivity (Wildman–Crippen MR) is 119 cm³/mol. The number of piperazine rings is 1. The fourth-order valence-electron chi connectivity index (χ4n) is 3.38. The van der Waals surface area contributed by atoms with Gasteiger partial charge in [0.05, 0.1) is 20.8 Å². The average Bonchev–Trinajstić information content (AvgIpc) is 2.82. The van der Waals surface area contributed by atoms with Crippen molar-refractivity contribution < 1.29 is 23.8 Å². The highest BCUT2D eigenvalue weighted by Crippen LogP contribution is 2.28. The van der Waals surface area contributed by atoms with Crippen molar-refractivity contribution in [2.45, 2.75) is 6.92 Å². The van der Waals surface area contributed by atoms with Crippen LogP contribution < -0.4 is 14.2 Å². The smallest absolute Gasteiger partial charge is 0.253 e. The van der Waals surface area contributed by atoms with Gasteiger partial charge in [-0.2, -0.15) is 0 Å². The number of rotatable bonds is 7. The lowest BCUT2D eigenvalue weighted by atomic mass is 10.1. The second-order valence-corrected chi connectivity index (χ2v) is 7.02. The Balaban J connectivity index is 1.56. The Labute approximate surface area is 182 Å². The normalized spacial score (nSPS) is 13.9. The molecular formula is C24H28N2O5. The molecule has 2 aromatic carbocycles. The summed E-state index contributed by atoms with van der Waals surface area (Å²) in [6, 6.07) is 12.6. The van der Waals surface area contributed by atoms with E-state index < -0.39 is 0 Å². The Bertz CT molecular complexity index is 931. The van der Waals surface area contributed by atoms with Crippen LogP contribution in [0.1, 0.15) is 22.8 Å². The van der Waals surface area contributed by atoms with Crippen LogP contribution in [0.4, 0.5) is 0 Å². The van der Waals surface area contributed by atoms with Gasteiger partial charge in [-0.1, -0.05) is 6.07 Å². The minimum absolute atomic E-state index is 0.0352. The number of hydrogen-bond acceptors (Lipinski definition) is 5. The van der Waals surface area contributed by atoms with Gasteiger partial charge in [-0.05, 0) is 55.0 Å². The standard InChI is InChI=1S/C24H28N2O5/c1-4-31-22-17-18(5-11-21(22)30-3)6-12-23(27)25-13-15-26(16-14-25)24(28)19-7-9-20(29-2)10-8-19/h5-12,17H,4,13-16H2,1-3H3/b12-6+. The largest absolute Gasteiger partial charge is 0.497 e. The van der Waals surface area contributed by atoms with Gasteiger partial charge in [0.2, 0.25) is 5.91 Å². The number of benzene rings is 2. The highest BCUT2D eigenvalue weighted by Gasteiger charge is 2.24. The number of methoxy groups -OCH3 is 2. The van der Waals surface area contributed by atoms with Gasteiger partial charge in [-0.3, -0.25) is 9.59 Å². The topological polar surface area (TPSA) is 68.3 Å². The molecule has 2 aromatic rings. The van der Waals surface area contributed by atoms with Gasteiger partial charge in [0.25, 0.3) is 5.91 Å². The third-order valence-corrected chi connectivity index (χ3v) is 5.12. The second kappa shape index (κ2) is 10.5. The van der Waals surface area contributed by atoms with Crippen molar-refractivity contribution >= 4 is 17.9 Å². The monoisotopic (exact) mass is 424 g/mol. The lowest BCUT2D eigenvalue weighted by Gasteiger charge is -2.34. The zero-order valence-electron chi connectivity index (χ0n) is 18.2. The second-order valence-electron chi connectivity index (χ2n) is 7.02. The molecule has 0 atom stereocenters. The van der Waals surface area contributed by atoms with E-state index in [2.05, 4.69) is 0 Å². The number of nitrogens with zero attached hydrogens (tertiary/aromatic N) is 2. The number of amides is 2. The highest BCUT2D eigenvalue weighted by molar-refractivity contribution is 5.95. The highest BCUT2D eigenvalue weighted by atomic mass is 16.5. The molecule has 0 radical (unpaired) electrons. The van der Waals surface area contributed by atoms with E-state index in [0.29, 0.717) is 55.6 Å². The van der Waals surface area contributed by atoms with Gasteiger partial charge in [0.15, 0.2) is 11.5 Å². The first-order valence-electron chi connectivity index (χ1n) is 10.3. The quantitative estimate of drug-likeness (QED) is 0.639. The van der Waals surface area contributed by atoms with Crippen LogP contribution in [0.2, 0.25) is 0 Å². The van der Waals surface area contributed by atoms with E-state index in [1.807, 2.05) is 25.1 Å². The van der Waals surface area contributed by atoms with Gasteiger partial charge >= 0.3 is 0 Å². The Kier molecular flexibility index (Phi) is 7.54. The lowest BCUT2D eigenvalue weighted by molar-refractivity contribution is -0.127. The van der Waals surface area contributed by atoms with Crippen molar-refractivity contribution in [1.29, 1.82) is 0 Å². The first-order chi connectivity index (χ1) is 15.0. The first-order valence-corrected chi connectivity index (χ1v) is 10.3. The lowest BCUT2D eigenvalue weighted by Crippen LogP contribution is -2.50. The zero-order valence-corrected chi connectivity index (χ0v) is 18.2. The van der Waals surface area contributed by atoms with Crippen molar-refractivity contribution in [3.8, 4) is 17.2 Å². The Morgan fingerprint density at radius 2 is 1.58 bits per heavy atom. The van der Waals surface area contributed by atoms with Crippen molar-refractivity contribution in [3.05, 3.63) is 59.7 Å². The fraction of sp³-hybridized carbons (Fsp3) is 0.333. The number of hydrogen-bond donors (Lipinski definition) is 0. The predicted octanol–water partition coefficient (Wildman–Crippen LogP) is 3.10. The number of carbonyl (C=O) groups excluding carboxylic acids is 2. The Morgan fingerprint density at radius 3 is 2.19 bits per heavy atom. The molecule has 3 rings (SSSR count). The SMILES string of the molecule is CCOc1cc(/C=C/C(=O)N2CCN(C(=O)c3ccc(OC)cc3)CC2)ccc1OC.